The van der Waals surface area contributed by atoms with Crippen molar-refractivity contribution >= 4 is 29.4 Å². The van der Waals surface area contributed by atoms with Gasteiger partial charge in [0.25, 0.3) is 5.56 Å². The van der Waals surface area contributed by atoms with Crippen molar-refractivity contribution in [1.29, 1.82) is 0 Å². The van der Waals surface area contributed by atoms with E-state index in [-0.39, 0.29) is 29.5 Å². The molecule has 2 aromatic heterocycles. The first-order valence-electron chi connectivity index (χ1n) is 9.18. The van der Waals surface area contributed by atoms with E-state index in [1.54, 1.807) is 19.3 Å². The first kappa shape index (κ1) is 21.3. The lowest BCUT2D eigenvalue weighted by molar-refractivity contribution is 0.470. The molecule has 30 heavy (non-hydrogen) atoms. The van der Waals surface area contributed by atoms with Gasteiger partial charge in [-0.2, -0.15) is 4.98 Å². The molecule has 0 bridgehead atoms. The van der Waals surface area contributed by atoms with E-state index in [2.05, 4.69) is 27.4 Å². The Bertz CT molecular complexity index is 1200. The third-order valence-electron chi connectivity index (χ3n) is 4.50. The monoisotopic (exact) mass is 426 g/mol. The highest BCUT2D eigenvalue weighted by Crippen LogP contribution is 2.22. The Labute approximate surface area is 178 Å². The highest BCUT2D eigenvalue weighted by atomic mass is 35.5. The van der Waals surface area contributed by atoms with E-state index in [1.165, 1.54) is 34.4 Å². The number of pyridine rings is 1. The van der Waals surface area contributed by atoms with Crippen LogP contribution in [0, 0.1) is 5.82 Å². The van der Waals surface area contributed by atoms with Crippen LogP contribution in [-0.2, 0) is 13.5 Å². The Balaban J connectivity index is 0.00000256. The molecule has 0 unspecified atom stereocenters. The molecule has 0 aliphatic carbocycles. The van der Waals surface area contributed by atoms with Crippen LogP contribution in [0.3, 0.4) is 0 Å². The maximum Gasteiger partial charge on any atom is 0.294 e. The molecule has 2 aromatic carbocycles. The zero-order chi connectivity index (χ0) is 20.2. The van der Waals surface area contributed by atoms with Gasteiger partial charge >= 0.3 is 0 Å². The summed E-state index contributed by atoms with van der Waals surface area (Å²) < 4.78 is 20.1. The number of halogens is 2. The van der Waals surface area contributed by atoms with Crippen molar-refractivity contribution in [3.63, 3.8) is 0 Å². The largest absolute Gasteiger partial charge is 0.452 e. The molecule has 0 radical (unpaired) electrons. The van der Waals surface area contributed by atoms with Crippen LogP contribution in [0.5, 0.6) is 11.5 Å². The standard InChI is InChI=1S/C22H19FN4O2.ClH/c1-27-20-16(13-19(21(27)28)29-18-9-7-17(23)8-10-18)14-25-22(26-20)24-12-11-15-5-3-2-4-6-15;/h2-10,13-14H,11-12H2,1H3,(H,24,25,26);1H. The van der Waals surface area contributed by atoms with Crippen molar-refractivity contribution in [1.82, 2.24) is 14.5 Å². The number of fused-ring (bicyclic) bond motifs is 1. The number of benzene rings is 2. The minimum absolute atomic E-state index is 0. The molecule has 0 aliphatic heterocycles. The average molecular weight is 427 g/mol. The fourth-order valence-corrected chi connectivity index (χ4v) is 2.97. The molecule has 0 atom stereocenters. The van der Waals surface area contributed by atoms with Crippen LogP contribution in [0.1, 0.15) is 5.56 Å². The van der Waals surface area contributed by atoms with E-state index in [1.807, 2.05) is 18.2 Å². The van der Waals surface area contributed by atoms with E-state index >= 15 is 0 Å². The molecule has 0 amide bonds. The maximum atomic E-state index is 13.1. The zero-order valence-electron chi connectivity index (χ0n) is 16.2. The van der Waals surface area contributed by atoms with Gasteiger partial charge in [0.1, 0.15) is 17.2 Å². The number of aromatic nitrogens is 3. The normalized spacial score (nSPS) is 10.5. The lowest BCUT2D eigenvalue weighted by atomic mass is 10.1. The molecule has 1 N–H and O–H groups in total. The summed E-state index contributed by atoms with van der Waals surface area (Å²) in [6.07, 6.45) is 2.48. The minimum Gasteiger partial charge on any atom is -0.452 e. The van der Waals surface area contributed by atoms with Crippen LogP contribution < -0.4 is 15.6 Å². The molecule has 0 saturated heterocycles. The number of hydrogen-bond donors (Lipinski definition) is 1. The Hall–Kier alpha value is -3.45. The minimum atomic E-state index is -0.371. The van der Waals surface area contributed by atoms with Gasteiger partial charge < -0.3 is 10.1 Å². The molecule has 2 heterocycles. The van der Waals surface area contributed by atoms with Gasteiger partial charge in [-0.3, -0.25) is 9.36 Å². The van der Waals surface area contributed by atoms with E-state index < -0.39 is 0 Å². The fourth-order valence-electron chi connectivity index (χ4n) is 2.97. The fraction of sp³-hybridized carbons (Fsp3) is 0.136. The van der Waals surface area contributed by atoms with Gasteiger partial charge in [-0.05, 0) is 42.3 Å². The molecule has 0 saturated carbocycles. The predicted molar refractivity (Wildman–Crippen MR) is 117 cm³/mol. The zero-order valence-corrected chi connectivity index (χ0v) is 17.0. The molecular weight excluding hydrogens is 407 g/mol. The average Bonchev–Trinajstić information content (AvgIpc) is 2.74. The molecule has 0 aliphatic rings. The Morgan fingerprint density at radius 3 is 2.57 bits per heavy atom. The number of rotatable bonds is 6. The highest BCUT2D eigenvalue weighted by Gasteiger charge is 2.11. The lowest BCUT2D eigenvalue weighted by Gasteiger charge is -2.11. The van der Waals surface area contributed by atoms with Gasteiger partial charge in [0.2, 0.25) is 5.95 Å². The highest BCUT2D eigenvalue weighted by molar-refractivity contribution is 5.85. The first-order valence-corrected chi connectivity index (χ1v) is 9.18. The molecule has 0 spiro atoms. The van der Waals surface area contributed by atoms with Gasteiger partial charge in [-0.25, -0.2) is 9.37 Å². The SMILES string of the molecule is Cl.Cn1c(=O)c(Oc2ccc(F)cc2)cc2cnc(NCCc3ccccc3)nc21. The predicted octanol–water partition coefficient (Wildman–Crippen LogP) is 4.34. The van der Waals surface area contributed by atoms with Gasteiger partial charge in [-0.15, -0.1) is 12.4 Å². The summed E-state index contributed by atoms with van der Waals surface area (Å²) in [6, 6.07) is 17.2. The van der Waals surface area contributed by atoms with Crippen molar-refractivity contribution < 1.29 is 9.13 Å². The number of ether oxygens (including phenoxy) is 1. The molecule has 4 rings (SSSR count). The third-order valence-corrected chi connectivity index (χ3v) is 4.50. The second-order valence-electron chi connectivity index (χ2n) is 6.56. The van der Waals surface area contributed by atoms with Crippen molar-refractivity contribution in [3.05, 3.63) is 88.6 Å². The molecule has 0 fully saturated rings. The molecule has 8 heteroatoms. The smallest absolute Gasteiger partial charge is 0.294 e. The summed E-state index contributed by atoms with van der Waals surface area (Å²) in [7, 11) is 1.63. The van der Waals surface area contributed by atoms with E-state index in [4.69, 9.17) is 4.74 Å². The number of nitrogens with one attached hydrogen (secondary N) is 1. The Morgan fingerprint density at radius 1 is 1.10 bits per heavy atom. The van der Waals surface area contributed by atoms with Crippen LogP contribution >= 0.6 is 12.4 Å². The Morgan fingerprint density at radius 2 is 1.83 bits per heavy atom. The summed E-state index contributed by atoms with van der Waals surface area (Å²) in [5.41, 5.74) is 1.38. The van der Waals surface area contributed by atoms with Crippen molar-refractivity contribution in [2.75, 3.05) is 11.9 Å². The number of hydrogen-bond acceptors (Lipinski definition) is 5. The maximum absolute atomic E-state index is 13.1. The van der Waals surface area contributed by atoms with Gasteiger partial charge in [0.05, 0.1) is 0 Å². The molecule has 4 aromatic rings. The van der Waals surface area contributed by atoms with Crippen LogP contribution in [0.15, 0.2) is 71.7 Å². The van der Waals surface area contributed by atoms with Crippen LogP contribution in [0.25, 0.3) is 11.0 Å². The second kappa shape index (κ2) is 9.37. The second-order valence-corrected chi connectivity index (χ2v) is 6.56. The summed E-state index contributed by atoms with van der Waals surface area (Å²) >= 11 is 0. The van der Waals surface area contributed by atoms with E-state index in [0.29, 0.717) is 29.3 Å². The summed E-state index contributed by atoms with van der Waals surface area (Å²) in [5, 5.41) is 3.85. The summed E-state index contributed by atoms with van der Waals surface area (Å²) in [4.78, 5) is 21.4. The van der Waals surface area contributed by atoms with Gasteiger partial charge in [-0.1, -0.05) is 30.3 Å². The van der Waals surface area contributed by atoms with E-state index in [9.17, 15) is 9.18 Å². The number of anilines is 1. The lowest BCUT2D eigenvalue weighted by Crippen LogP contribution is -2.20. The quantitative estimate of drug-likeness (QED) is 0.496. The van der Waals surface area contributed by atoms with Crippen LogP contribution in [-0.4, -0.2) is 21.1 Å². The van der Waals surface area contributed by atoms with Gasteiger partial charge in [0, 0.05) is 25.2 Å². The van der Waals surface area contributed by atoms with Crippen molar-refractivity contribution in [2.45, 2.75) is 6.42 Å². The van der Waals surface area contributed by atoms with Gasteiger partial charge in [0.15, 0.2) is 5.75 Å². The third kappa shape index (κ3) is 4.75. The summed E-state index contributed by atoms with van der Waals surface area (Å²) in [5.74, 6) is 0.586. The molecular formula is C22H20ClFN4O2. The van der Waals surface area contributed by atoms with Crippen LogP contribution in [0.4, 0.5) is 10.3 Å². The summed E-state index contributed by atoms with van der Waals surface area (Å²) in [6.45, 7) is 0.676. The Kier molecular flexibility index (Phi) is 6.64. The van der Waals surface area contributed by atoms with Crippen molar-refractivity contribution in [3.8, 4) is 11.5 Å². The molecule has 154 valence electrons. The number of nitrogens with zero attached hydrogens (tertiary/aromatic N) is 3. The first-order chi connectivity index (χ1) is 14.1. The van der Waals surface area contributed by atoms with Crippen LogP contribution in [0.2, 0.25) is 0 Å². The molecule has 6 nitrogen and oxygen atoms in total. The van der Waals surface area contributed by atoms with Crippen molar-refractivity contribution in [2.24, 2.45) is 7.05 Å². The van der Waals surface area contributed by atoms with E-state index in [0.717, 1.165) is 6.42 Å². The topological polar surface area (TPSA) is 69.0 Å². The number of aryl methyl sites for hydroxylation is 1.